The summed E-state index contributed by atoms with van der Waals surface area (Å²) in [4.78, 5) is 0.109. The summed E-state index contributed by atoms with van der Waals surface area (Å²) >= 11 is 5.87. The van der Waals surface area contributed by atoms with E-state index in [1.165, 1.54) is 13.3 Å². The van der Waals surface area contributed by atoms with Gasteiger partial charge in [-0.3, -0.25) is 11.5 Å². The number of rotatable bonds is 3. The van der Waals surface area contributed by atoms with Crippen LogP contribution >= 0.6 is 11.6 Å². The highest BCUT2D eigenvalue weighted by atomic mass is 35.5. The quantitative estimate of drug-likeness (QED) is 0.264. The Labute approximate surface area is 97.3 Å². The maximum Gasteiger partial charge on any atom is 0.366 e. The molecule has 0 aliphatic heterocycles. The Morgan fingerprint density at radius 1 is 1.56 bits per heavy atom. The number of hydrogen-bond acceptors (Lipinski definition) is 3. The second-order valence-electron chi connectivity index (χ2n) is 2.84. The molecule has 0 atom stereocenters. The van der Waals surface area contributed by atoms with Gasteiger partial charge in [-0.15, -0.1) is 9.95 Å². The van der Waals surface area contributed by atoms with Gasteiger partial charge in [0.1, 0.15) is 5.75 Å². The van der Waals surface area contributed by atoms with Gasteiger partial charge in [0, 0.05) is 0 Å². The molecule has 0 amide bonds. The van der Waals surface area contributed by atoms with Crippen molar-refractivity contribution in [2.75, 3.05) is 7.11 Å². The monoisotopic (exact) mass is 242 g/mol. The lowest BCUT2D eigenvalue weighted by Crippen LogP contribution is -2.30. The molecule has 0 saturated carbocycles. The van der Waals surface area contributed by atoms with Gasteiger partial charge in [0.15, 0.2) is 0 Å². The van der Waals surface area contributed by atoms with Crippen LogP contribution in [0.25, 0.3) is 0 Å². The van der Waals surface area contributed by atoms with E-state index in [9.17, 15) is 5.21 Å². The zero-order valence-corrected chi connectivity index (χ0v) is 9.31. The molecule has 86 valence electrons. The van der Waals surface area contributed by atoms with Gasteiger partial charge >= 0.3 is 5.96 Å². The predicted octanol–water partition coefficient (Wildman–Crippen LogP) is 0.466. The summed E-state index contributed by atoms with van der Waals surface area (Å²) in [6, 6.07) is 4.95. The lowest BCUT2D eigenvalue weighted by molar-refractivity contribution is -0.463. The van der Waals surface area contributed by atoms with E-state index in [0.29, 0.717) is 16.3 Å². The number of nitrogens with zero attached hydrogens (tertiary/aromatic N) is 2. The van der Waals surface area contributed by atoms with Gasteiger partial charge in [0.25, 0.3) is 0 Å². The normalized spacial score (nSPS) is 10.4. The fourth-order valence-corrected chi connectivity index (χ4v) is 1.21. The molecule has 0 saturated heterocycles. The highest BCUT2D eigenvalue weighted by molar-refractivity contribution is 6.32. The smallest absolute Gasteiger partial charge is 0.366 e. The molecule has 16 heavy (non-hydrogen) atoms. The van der Waals surface area contributed by atoms with Gasteiger partial charge in [0.2, 0.25) is 0 Å². The summed E-state index contributed by atoms with van der Waals surface area (Å²) in [5.41, 5.74) is 10.7. The van der Waals surface area contributed by atoms with E-state index >= 15 is 0 Å². The van der Waals surface area contributed by atoms with Crippen molar-refractivity contribution in [3.8, 4) is 5.75 Å². The van der Waals surface area contributed by atoms with Crippen LogP contribution in [-0.2, 0) is 0 Å². The van der Waals surface area contributed by atoms with Crippen LogP contribution < -0.4 is 16.2 Å². The maximum atomic E-state index is 10.9. The van der Waals surface area contributed by atoms with Crippen molar-refractivity contribution < 1.29 is 9.58 Å². The third-order valence-electron chi connectivity index (χ3n) is 1.71. The number of hydrogen-bond donors (Lipinski definition) is 2. The molecule has 0 fully saturated rings. The first-order valence-electron chi connectivity index (χ1n) is 4.27. The van der Waals surface area contributed by atoms with Crippen molar-refractivity contribution in [1.29, 1.82) is 0 Å². The fraction of sp³-hybridized carbons (Fsp3) is 0.111. The van der Waals surface area contributed by atoms with Gasteiger partial charge in [-0.05, 0) is 23.8 Å². The number of hydrazone groups is 1. The molecule has 0 aliphatic rings. The molecular formula is C9H11ClN4O2. The molecule has 6 nitrogen and oxygen atoms in total. The standard InChI is InChI=1S/C9H11ClN4O2/c1-16-8-3-2-6(4-7(8)10)5-13-14(15)9(11)12/h2-5H,11-12H2,1H3. The van der Waals surface area contributed by atoms with Gasteiger partial charge in [-0.1, -0.05) is 11.6 Å². The summed E-state index contributed by atoms with van der Waals surface area (Å²) in [6.07, 6.45) is 1.29. The predicted molar refractivity (Wildman–Crippen MR) is 62.6 cm³/mol. The zero-order valence-electron chi connectivity index (χ0n) is 8.55. The Morgan fingerprint density at radius 2 is 2.25 bits per heavy atom. The second kappa shape index (κ2) is 5.22. The Hall–Kier alpha value is -1.95. The van der Waals surface area contributed by atoms with E-state index in [1.807, 2.05) is 0 Å². The Bertz CT molecular complexity index is 441. The van der Waals surface area contributed by atoms with Crippen molar-refractivity contribution in [2.45, 2.75) is 0 Å². The molecule has 1 rings (SSSR count). The van der Waals surface area contributed by atoms with Crippen LogP contribution in [0, 0.1) is 5.21 Å². The van der Waals surface area contributed by atoms with Crippen molar-refractivity contribution in [3.05, 3.63) is 34.0 Å². The van der Waals surface area contributed by atoms with E-state index in [2.05, 4.69) is 5.10 Å². The van der Waals surface area contributed by atoms with E-state index in [1.54, 1.807) is 18.2 Å². The molecule has 1 aromatic carbocycles. The molecule has 0 spiro atoms. The molecule has 7 heteroatoms. The maximum absolute atomic E-state index is 10.9. The first-order chi connectivity index (χ1) is 7.54. The first-order valence-corrected chi connectivity index (χ1v) is 4.65. The lowest BCUT2D eigenvalue weighted by atomic mass is 10.2. The van der Waals surface area contributed by atoms with Crippen LogP contribution in [0.4, 0.5) is 0 Å². The molecule has 1 aromatic rings. The number of nitrogens with two attached hydrogens (primary N) is 2. The molecule has 0 unspecified atom stereocenters. The molecule has 4 N–H and O–H groups in total. The van der Waals surface area contributed by atoms with Crippen LogP contribution in [0.15, 0.2) is 23.3 Å². The molecule has 0 aliphatic carbocycles. The molecule has 0 aromatic heterocycles. The molecule has 0 heterocycles. The minimum Gasteiger partial charge on any atom is -0.722 e. The Morgan fingerprint density at radius 3 is 2.75 bits per heavy atom. The topological polar surface area (TPSA) is 99.7 Å². The zero-order chi connectivity index (χ0) is 12.1. The summed E-state index contributed by atoms with van der Waals surface area (Å²) in [6.45, 7) is 0. The average molecular weight is 243 g/mol. The van der Waals surface area contributed by atoms with E-state index in [0.717, 1.165) is 0 Å². The van der Waals surface area contributed by atoms with E-state index < -0.39 is 5.96 Å². The summed E-state index contributed by atoms with van der Waals surface area (Å²) in [5.74, 6) is 0.110. The highest BCUT2D eigenvalue weighted by Gasteiger charge is 2.00. The van der Waals surface area contributed by atoms with Gasteiger partial charge in [-0.25, -0.2) is 0 Å². The second-order valence-corrected chi connectivity index (χ2v) is 3.24. The molecule has 0 bridgehead atoms. The Kier molecular flexibility index (Phi) is 3.96. The number of ether oxygens (including phenoxy) is 1. The molecule has 0 radical (unpaired) electrons. The van der Waals surface area contributed by atoms with Crippen LogP contribution in [0.3, 0.4) is 0 Å². The number of benzene rings is 1. The van der Waals surface area contributed by atoms with Gasteiger partial charge < -0.3 is 9.94 Å². The minimum atomic E-state index is -0.434. The van der Waals surface area contributed by atoms with Crippen molar-refractivity contribution >= 4 is 23.8 Å². The summed E-state index contributed by atoms with van der Waals surface area (Å²) in [5, 5.41) is 14.8. The number of methoxy groups -OCH3 is 1. The van der Waals surface area contributed by atoms with Crippen LogP contribution in [0.2, 0.25) is 5.02 Å². The van der Waals surface area contributed by atoms with Gasteiger partial charge in [-0.2, -0.15) is 0 Å². The summed E-state index contributed by atoms with van der Waals surface area (Å²) < 4.78 is 4.97. The van der Waals surface area contributed by atoms with Crippen LogP contribution in [0.1, 0.15) is 5.56 Å². The van der Waals surface area contributed by atoms with Crippen molar-refractivity contribution in [2.24, 2.45) is 16.6 Å². The lowest BCUT2D eigenvalue weighted by Gasteiger charge is -2.04. The van der Waals surface area contributed by atoms with Crippen molar-refractivity contribution in [3.63, 3.8) is 0 Å². The van der Waals surface area contributed by atoms with Gasteiger partial charge in [0.05, 0.1) is 18.3 Å². The highest BCUT2D eigenvalue weighted by Crippen LogP contribution is 2.24. The van der Waals surface area contributed by atoms with Crippen LogP contribution in [-0.4, -0.2) is 24.1 Å². The van der Waals surface area contributed by atoms with Crippen LogP contribution in [0.5, 0.6) is 5.75 Å². The fourth-order valence-electron chi connectivity index (χ4n) is 0.949. The number of halogens is 1. The first kappa shape index (κ1) is 12.1. The minimum absolute atomic E-state index is 0.109. The third kappa shape index (κ3) is 3.03. The van der Waals surface area contributed by atoms with Crippen molar-refractivity contribution in [1.82, 2.24) is 0 Å². The van der Waals surface area contributed by atoms with E-state index in [-0.39, 0.29) is 4.85 Å². The van der Waals surface area contributed by atoms with E-state index in [4.69, 9.17) is 27.8 Å². The number of guanidine groups is 1. The largest absolute Gasteiger partial charge is 0.722 e. The summed E-state index contributed by atoms with van der Waals surface area (Å²) in [7, 11) is 1.51. The third-order valence-corrected chi connectivity index (χ3v) is 2.00. The average Bonchev–Trinajstić information content (AvgIpc) is 2.25. The molecular weight excluding hydrogens is 232 g/mol. The Balaban J connectivity index is 2.92. The SMILES string of the molecule is COc1ccc(C=N[N+]([O-])=C(N)N)cc1Cl.